The maximum atomic E-state index is 12.2. The molecule has 1 amide bonds. The van der Waals surface area contributed by atoms with Gasteiger partial charge in [-0.15, -0.1) is 0 Å². The van der Waals surface area contributed by atoms with Gasteiger partial charge in [0.05, 0.1) is 10.8 Å². The largest absolute Gasteiger partial charge is 0.408 e. The lowest BCUT2D eigenvalue weighted by atomic mass is 9.84. The van der Waals surface area contributed by atoms with Gasteiger partial charge in [0.25, 0.3) is 0 Å². The van der Waals surface area contributed by atoms with E-state index < -0.39 is 10.7 Å². The van der Waals surface area contributed by atoms with E-state index in [0.717, 1.165) is 11.8 Å². The van der Waals surface area contributed by atoms with Crippen LogP contribution in [0.25, 0.3) is 0 Å². The Hall–Kier alpha value is -1.63. The number of rotatable bonds is 5. The highest BCUT2D eigenvalue weighted by atomic mass is 35.5. The van der Waals surface area contributed by atoms with Crippen molar-refractivity contribution in [3.63, 3.8) is 0 Å². The van der Waals surface area contributed by atoms with E-state index in [2.05, 4.69) is 17.3 Å². The fourth-order valence-electron chi connectivity index (χ4n) is 4.23. The molecule has 0 aliphatic heterocycles. The predicted octanol–water partition coefficient (Wildman–Crippen LogP) is 2.69. The molecule has 2 aliphatic carbocycles. The summed E-state index contributed by atoms with van der Waals surface area (Å²) in [5, 5.41) is 17.7. The molecule has 0 saturated heterocycles. The first-order valence-electron chi connectivity index (χ1n) is 8.03. The zero-order valence-electron chi connectivity index (χ0n) is 13.3. The van der Waals surface area contributed by atoms with Crippen molar-refractivity contribution in [2.24, 2.45) is 17.8 Å². The van der Waals surface area contributed by atoms with Crippen LogP contribution in [0, 0.1) is 34.8 Å². The van der Waals surface area contributed by atoms with Gasteiger partial charge in [0.2, 0.25) is 5.91 Å². The number of halogens is 1. The highest BCUT2D eigenvalue weighted by molar-refractivity contribution is 6.33. The van der Waals surface area contributed by atoms with E-state index in [-0.39, 0.29) is 23.5 Å². The monoisotopic (exact) mass is 340 g/mol. The lowest BCUT2D eigenvalue weighted by molar-refractivity contribution is -0.389. The van der Waals surface area contributed by atoms with Crippen LogP contribution in [0.15, 0.2) is 0 Å². The molecule has 1 aromatic rings. The summed E-state index contributed by atoms with van der Waals surface area (Å²) in [5.74, 6) is 1.53. The Morgan fingerprint density at radius 2 is 2.26 bits per heavy atom. The van der Waals surface area contributed by atoms with Crippen LogP contribution < -0.4 is 5.32 Å². The summed E-state index contributed by atoms with van der Waals surface area (Å²) in [4.78, 5) is 22.4. The standard InChI is InChI=1S/C15H21ClN4O3/c1-8(12-6-10-3-4-11(12)5-10)17-13(21)7-19-9(2)14(16)15(18-19)20(22)23/h8,10-12H,3-7H2,1-2H3,(H,17,21)/t8-,10-,11-,12-/m1/s1. The fourth-order valence-corrected chi connectivity index (χ4v) is 4.43. The molecule has 0 spiro atoms. The zero-order chi connectivity index (χ0) is 16.7. The molecule has 1 aromatic heterocycles. The minimum atomic E-state index is -0.637. The van der Waals surface area contributed by atoms with E-state index in [4.69, 9.17) is 11.6 Å². The Bertz CT molecular complexity index is 645. The molecule has 2 saturated carbocycles. The molecule has 2 bridgehead atoms. The van der Waals surface area contributed by atoms with Crippen LogP contribution in [-0.2, 0) is 11.3 Å². The minimum absolute atomic E-state index is 0.0102. The van der Waals surface area contributed by atoms with Crippen LogP contribution in [0.4, 0.5) is 5.82 Å². The second-order valence-electron chi connectivity index (χ2n) is 6.83. The van der Waals surface area contributed by atoms with Gasteiger partial charge in [-0.3, -0.25) is 4.79 Å². The van der Waals surface area contributed by atoms with Gasteiger partial charge in [-0.05, 0) is 55.8 Å². The third-order valence-electron chi connectivity index (χ3n) is 5.41. The molecule has 1 N–H and O–H groups in total. The molecule has 1 heterocycles. The molecule has 8 heteroatoms. The first-order chi connectivity index (χ1) is 10.9. The number of nitrogens with one attached hydrogen (secondary N) is 1. The number of hydrogen-bond acceptors (Lipinski definition) is 4. The summed E-state index contributed by atoms with van der Waals surface area (Å²) >= 11 is 5.89. The van der Waals surface area contributed by atoms with Crippen LogP contribution >= 0.6 is 11.6 Å². The molecular weight excluding hydrogens is 320 g/mol. The lowest BCUT2D eigenvalue weighted by Gasteiger charge is -2.28. The van der Waals surface area contributed by atoms with Crippen molar-refractivity contribution in [1.29, 1.82) is 0 Å². The summed E-state index contributed by atoms with van der Waals surface area (Å²) in [6, 6.07) is 0.124. The quantitative estimate of drug-likeness (QED) is 0.659. The first kappa shape index (κ1) is 16.2. The lowest BCUT2D eigenvalue weighted by Crippen LogP contribution is -2.41. The topological polar surface area (TPSA) is 90.1 Å². The highest BCUT2D eigenvalue weighted by Gasteiger charge is 2.42. The van der Waals surface area contributed by atoms with E-state index in [1.54, 1.807) is 6.92 Å². The maximum Gasteiger partial charge on any atom is 0.408 e. The van der Waals surface area contributed by atoms with Crippen molar-refractivity contribution < 1.29 is 9.72 Å². The number of amides is 1. The summed E-state index contributed by atoms with van der Waals surface area (Å²) in [5.41, 5.74) is 0.432. The number of carbonyl (C=O) groups is 1. The number of nitrogens with zero attached hydrogens (tertiary/aromatic N) is 3. The van der Waals surface area contributed by atoms with Crippen LogP contribution in [0.3, 0.4) is 0 Å². The van der Waals surface area contributed by atoms with Crippen LogP contribution in [-0.4, -0.2) is 26.7 Å². The van der Waals surface area contributed by atoms with Gasteiger partial charge >= 0.3 is 5.82 Å². The van der Waals surface area contributed by atoms with Gasteiger partial charge in [0, 0.05) is 6.04 Å². The number of carbonyl (C=O) groups excluding carboxylic acids is 1. The van der Waals surface area contributed by atoms with E-state index >= 15 is 0 Å². The van der Waals surface area contributed by atoms with Gasteiger partial charge in [-0.1, -0.05) is 18.0 Å². The second-order valence-corrected chi connectivity index (χ2v) is 7.21. The predicted molar refractivity (Wildman–Crippen MR) is 85.2 cm³/mol. The Balaban J connectivity index is 1.61. The van der Waals surface area contributed by atoms with Crippen LogP contribution in [0.5, 0.6) is 0 Å². The van der Waals surface area contributed by atoms with E-state index in [9.17, 15) is 14.9 Å². The van der Waals surface area contributed by atoms with Crippen molar-refractivity contribution in [2.45, 2.75) is 52.1 Å². The molecular formula is C15H21ClN4O3. The van der Waals surface area contributed by atoms with Crippen molar-refractivity contribution >= 4 is 23.3 Å². The van der Waals surface area contributed by atoms with Crippen LogP contribution in [0.1, 0.15) is 38.3 Å². The first-order valence-corrected chi connectivity index (χ1v) is 8.41. The fraction of sp³-hybridized carbons (Fsp3) is 0.733. The smallest absolute Gasteiger partial charge is 0.358 e. The van der Waals surface area contributed by atoms with Gasteiger partial charge in [-0.25, -0.2) is 0 Å². The molecule has 2 fully saturated rings. The average molecular weight is 341 g/mol. The Morgan fingerprint density at radius 1 is 1.52 bits per heavy atom. The molecule has 126 valence electrons. The zero-order valence-corrected chi connectivity index (χ0v) is 14.0. The summed E-state index contributed by atoms with van der Waals surface area (Å²) < 4.78 is 1.29. The van der Waals surface area contributed by atoms with Gasteiger partial charge in [0.15, 0.2) is 5.02 Å². The number of fused-ring (bicyclic) bond motifs is 2. The normalized spacial score (nSPS) is 27.2. The highest BCUT2D eigenvalue weighted by Crippen LogP contribution is 2.49. The average Bonchev–Trinajstić information content (AvgIpc) is 3.17. The molecule has 0 aromatic carbocycles. The van der Waals surface area contributed by atoms with Crippen molar-refractivity contribution in [1.82, 2.24) is 15.1 Å². The molecule has 4 atom stereocenters. The summed E-state index contributed by atoms with van der Waals surface area (Å²) in [6.07, 6.45) is 5.10. The molecule has 23 heavy (non-hydrogen) atoms. The number of hydrogen-bond donors (Lipinski definition) is 1. The molecule has 2 aliphatic rings. The molecule has 3 rings (SSSR count). The molecule has 0 radical (unpaired) electrons. The van der Waals surface area contributed by atoms with Gasteiger partial charge < -0.3 is 15.4 Å². The Morgan fingerprint density at radius 3 is 2.78 bits per heavy atom. The third-order valence-corrected chi connectivity index (χ3v) is 5.85. The van der Waals surface area contributed by atoms with Gasteiger partial charge in [-0.2, -0.15) is 4.68 Å². The van der Waals surface area contributed by atoms with E-state index in [1.807, 2.05) is 0 Å². The van der Waals surface area contributed by atoms with Crippen molar-refractivity contribution in [3.05, 3.63) is 20.8 Å². The van der Waals surface area contributed by atoms with E-state index in [0.29, 0.717) is 11.6 Å². The number of aromatic nitrogens is 2. The van der Waals surface area contributed by atoms with Crippen molar-refractivity contribution in [3.8, 4) is 0 Å². The van der Waals surface area contributed by atoms with Gasteiger partial charge in [0.1, 0.15) is 6.54 Å². The SMILES string of the molecule is Cc1c(Cl)c([N+](=O)[O-])nn1CC(=O)N[C@H](C)[C@H]1C[C@@H]2CC[C@@H]1C2. The minimum Gasteiger partial charge on any atom is -0.358 e. The van der Waals surface area contributed by atoms with E-state index in [1.165, 1.54) is 30.4 Å². The summed E-state index contributed by atoms with van der Waals surface area (Å²) in [7, 11) is 0. The van der Waals surface area contributed by atoms with Crippen molar-refractivity contribution in [2.75, 3.05) is 0 Å². The maximum absolute atomic E-state index is 12.2. The second kappa shape index (κ2) is 6.11. The third kappa shape index (κ3) is 3.06. The number of nitro groups is 1. The Kier molecular flexibility index (Phi) is 4.31. The summed E-state index contributed by atoms with van der Waals surface area (Å²) in [6.45, 7) is 3.62. The molecule has 0 unspecified atom stereocenters. The Labute approximate surface area is 139 Å². The van der Waals surface area contributed by atoms with Crippen LogP contribution in [0.2, 0.25) is 5.02 Å². The molecule has 7 nitrogen and oxygen atoms in total.